The van der Waals surface area contributed by atoms with Gasteiger partial charge in [0.15, 0.2) is 0 Å². The number of nitrogens with one attached hydrogen (secondary N) is 1. The van der Waals surface area contributed by atoms with E-state index in [1.807, 2.05) is 13.0 Å². The van der Waals surface area contributed by atoms with Crippen molar-refractivity contribution < 1.29 is 9.15 Å². The summed E-state index contributed by atoms with van der Waals surface area (Å²) in [7, 11) is 0. The number of hydrogen-bond acceptors (Lipinski definition) is 3. The first-order chi connectivity index (χ1) is 8.37. The van der Waals surface area contributed by atoms with Gasteiger partial charge < -0.3 is 14.5 Å². The van der Waals surface area contributed by atoms with Crippen molar-refractivity contribution in [1.29, 1.82) is 0 Å². The van der Waals surface area contributed by atoms with Gasteiger partial charge in [0.05, 0.1) is 12.9 Å². The second kappa shape index (κ2) is 6.76. The average Bonchev–Trinajstić information content (AvgIpc) is 2.68. The molecule has 3 nitrogen and oxygen atoms in total. The van der Waals surface area contributed by atoms with Gasteiger partial charge in [0, 0.05) is 17.6 Å². The molecular formula is C15H25NO2. The van der Waals surface area contributed by atoms with Crippen LogP contribution in [-0.2, 0) is 17.9 Å². The molecule has 0 aliphatic rings. The summed E-state index contributed by atoms with van der Waals surface area (Å²) >= 11 is 0. The van der Waals surface area contributed by atoms with Gasteiger partial charge in [0.2, 0.25) is 0 Å². The third-order valence-electron chi connectivity index (χ3n) is 2.45. The number of hydrogen-bond donors (Lipinski definition) is 1. The van der Waals surface area contributed by atoms with Crippen LogP contribution >= 0.6 is 0 Å². The van der Waals surface area contributed by atoms with Crippen molar-refractivity contribution in [2.45, 2.75) is 52.8 Å². The second-order valence-electron chi connectivity index (χ2n) is 5.78. The highest BCUT2D eigenvalue weighted by Gasteiger charge is 2.09. The highest BCUT2D eigenvalue weighted by Crippen LogP contribution is 2.11. The highest BCUT2D eigenvalue weighted by atomic mass is 16.5. The third kappa shape index (κ3) is 6.62. The summed E-state index contributed by atoms with van der Waals surface area (Å²) in [4.78, 5) is 0. The van der Waals surface area contributed by atoms with Crippen LogP contribution in [0.3, 0.4) is 0 Å². The van der Waals surface area contributed by atoms with Gasteiger partial charge in [-0.1, -0.05) is 5.57 Å². The van der Waals surface area contributed by atoms with E-state index >= 15 is 0 Å². The van der Waals surface area contributed by atoms with Crippen molar-refractivity contribution in [2.75, 3.05) is 6.61 Å². The molecule has 0 amide bonds. The van der Waals surface area contributed by atoms with E-state index in [-0.39, 0.29) is 5.54 Å². The van der Waals surface area contributed by atoms with E-state index in [0.717, 1.165) is 29.9 Å². The Labute approximate surface area is 110 Å². The van der Waals surface area contributed by atoms with Crippen LogP contribution in [0.2, 0.25) is 0 Å². The summed E-state index contributed by atoms with van der Waals surface area (Å²) < 4.78 is 11.0. The largest absolute Gasteiger partial charge is 0.467 e. The Bertz CT molecular complexity index is 374. The molecule has 18 heavy (non-hydrogen) atoms. The minimum Gasteiger partial charge on any atom is -0.467 e. The first-order valence-corrected chi connectivity index (χ1v) is 6.40. The number of ether oxygens (including phenoxy) is 1. The lowest BCUT2D eigenvalue weighted by Crippen LogP contribution is -2.34. The zero-order valence-electron chi connectivity index (χ0n) is 12.0. The van der Waals surface area contributed by atoms with E-state index in [4.69, 9.17) is 9.15 Å². The normalized spacial score (nSPS) is 11.8. The van der Waals surface area contributed by atoms with Gasteiger partial charge in [-0.3, -0.25) is 0 Å². The van der Waals surface area contributed by atoms with Crippen molar-refractivity contribution in [2.24, 2.45) is 0 Å². The molecule has 0 aliphatic carbocycles. The van der Waals surface area contributed by atoms with Gasteiger partial charge in [0.25, 0.3) is 0 Å². The summed E-state index contributed by atoms with van der Waals surface area (Å²) in [5, 5.41) is 3.42. The van der Waals surface area contributed by atoms with Crippen LogP contribution in [0.25, 0.3) is 0 Å². The summed E-state index contributed by atoms with van der Waals surface area (Å²) in [5.74, 6) is 0.877. The molecule has 0 unspecified atom stereocenters. The van der Waals surface area contributed by atoms with Gasteiger partial charge in [-0.25, -0.2) is 0 Å². The molecule has 0 saturated carbocycles. The Morgan fingerprint density at radius 2 is 2.17 bits per heavy atom. The van der Waals surface area contributed by atoms with Crippen molar-refractivity contribution in [3.8, 4) is 0 Å². The number of furan rings is 1. The molecule has 0 spiro atoms. The molecule has 3 heteroatoms. The second-order valence-corrected chi connectivity index (χ2v) is 5.78. The molecule has 1 rings (SSSR count). The fourth-order valence-electron chi connectivity index (χ4n) is 1.38. The molecule has 1 aromatic heterocycles. The van der Waals surface area contributed by atoms with Crippen LogP contribution in [0.1, 0.15) is 45.4 Å². The summed E-state index contributed by atoms with van der Waals surface area (Å²) in [6.07, 6.45) is 2.69. The highest BCUT2D eigenvalue weighted by molar-refractivity contribution is 5.12. The molecule has 0 radical (unpaired) electrons. The van der Waals surface area contributed by atoms with Gasteiger partial charge in [0.1, 0.15) is 12.4 Å². The van der Waals surface area contributed by atoms with Crippen molar-refractivity contribution in [1.82, 2.24) is 5.32 Å². The fraction of sp³-hybridized carbons (Fsp3) is 0.600. The van der Waals surface area contributed by atoms with Crippen LogP contribution in [0, 0.1) is 0 Å². The fourth-order valence-corrected chi connectivity index (χ4v) is 1.38. The quantitative estimate of drug-likeness (QED) is 0.593. The lowest BCUT2D eigenvalue weighted by atomic mass is 10.1. The van der Waals surface area contributed by atoms with Gasteiger partial charge >= 0.3 is 0 Å². The summed E-state index contributed by atoms with van der Waals surface area (Å²) in [6, 6.07) is 2.04. The molecule has 0 atom stereocenters. The third-order valence-corrected chi connectivity index (χ3v) is 2.45. The summed E-state index contributed by atoms with van der Waals surface area (Å²) in [5.41, 5.74) is 2.42. The first kappa shape index (κ1) is 15.0. The average molecular weight is 251 g/mol. The monoisotopic (exact) mass is 251 g/mol. The molecule has 0 bridgehead atoms. The molecule has 0 aliphatic heterocycles. The van der Waals surface area contributed by atoms with E-state index in [1.165, 1.54) is 0 Å². The maximum absolute atomic E-state index is 5.51. The molecule has 1 N–H and O–H groups in total. The zero-order chi connectivity index (χ0) is 13.6. The SMILES string of the molecule is C=C(C)CCOCc1cc(CNC(C)(C)C)co1. The zero-order valence-corrected chi connectivity index (χ0v) is 12.0. The minimum absolute atomic E-state index is 0.120. The molecule has 0 aromatic carbocycles. The Morgan fingerprint density at radius 3 is 2.78 bits per heavy atom. The van der Waals surface area contributed by atoms with E-state index < -0.39 is 0 Å². The molecular weight excluding hydrogens is 226 g/mol. The lowest BCUT2D eigenvalue weighted by Gasteiger charge is -2.19. The van der Waals surface area contributed by atoms with Crippen LogP contribution in [0.15, 0.2) is 28.9 Å². The van der Waals surface area contributed by atoms with Gasteiger partial charge in [-0.15, -0.1) is 6.58 Å². The Balaban J connectivity index is 2.28. The standard InChI is InChI=1S/C15H25NO2/c1-12(2)6-7-17-11-14-8-13(10-18-14)9-16-15(3,4)5/h8,10,16H,1,6-7,9,11H2,2-5H3. The Hall–Kier alpha value is -1.06. The van der Waals surface area contributed by atoms with Gasteiger partial charge in [-0.05, 0) is 40.2 Å². The molecule has 0 saturated heterocycles. The predicted molar refractivity (Wildman–Crippen MR) is 74.4 cm³/mol. The van der Waals surface area contributed by atoms with E-state index in [2.05, 4.69) is 32.7 Å². The van der Waals surface area contributed by atoms with Crippen molar-refractivity contribution >= 4 is 0 Å². The predicted octanol–water partition coefficient (Wildman–Crippen LogP) is 3.65. The van der Waals surface area contributed by atoms with Crippen LogP contribution in [-0.4, -0.2) is 12.1 Å². The molecule has 102 valence electrons. The van der Waals surface area contributed by atoms with Crippen LogP contribution < -0.4 is 5.32 Å². The van der Waals surface area contributed by atoms with Gasteiger partial charge in [-0.2, -0.15) is 0 Å². The van der Waals surface area contributed by atoms with Crippen molar-refractivity contribution in [3.63, 3.8) is 0 Å². The smallest absolute Gasteiger partial charge is 0.129 e. The topological polar surface area (TPSA) is 34.4 Å². The summed E-state index contributed by atoms with van der Waals surface area (Å²) in [6.45, 7) is 14.3. The minimum atomic E-state index is 0.120. The Morgan fingerprint density at radius 1 is 1.44 bits per heavy atom. The first-order valence-electron chi connectivity index (χ1n) is 6.40. The lowest BCUT2D eigenvalue weighted by molar-refractivity contribution is 0.109. The van der Waals surface area contributed by atoms with Crippen molar-refractivity contribution in [3.05, 3.63) is 35.8 Å². The number of rotatable bonds is 7. The van der Waals surface area contributed by atoms with Crippen LogP contribution in [0.5, 0.6) is 0 Å². The molecule has 1 heterocycles. The molecule has 1 aromatic rings. The maximum Gasteiger partial charge on any atom is 0.129 e. The van der Waals surface area contributed by atoms with Crippen LogP contribution in [0.4, 0.5) is 0 Å². The Kier molecular flexibility index (Phi) is 5.63. The molecule has 0 fully saturated rings. The maximum atomic E-state index is 5.51. The van der Waals surface area contributed by atoms with E-state index in [0.29, 0.717) is 13.2 Å². The van der Waals surface area contributed by atoms with E-state index in [9.17, 15) is 0 Å². The van der Waals surface area contributed by atoms with E-state index in [1.54, 1.807) is 6.26 Å².